The highest BCUT2D eigenvalue weighted by atomic mass is 16.2. The number of anilines is 1. The summed E-state index contributed by atoms with van der Waals surface area (Å²) >= 11 is 0. The number of carbonyl (C=O) groups is 1. The van der Waals surface area contributed by atoms with E-state index in [9.17, 15) is 4.79 Å². The van der Waals surface area contributed by atoms with Crippen molar-refractivity contribution in [2.24, 2.45) is 5.73 Å². The number of nitrogens with zero attached hydrogens (tertiary/aromatic N) is 1. The van der Waals surface area contributed by atoms with Gasteiger partial charge < -0.3 is 11.1 Å². The normalized spacial score (nSPS) is 10.7. The molecule has 0 saturated heterocycles. The lowest BCUT2D eigenvalue weighted by atomic mass is 10.2. The van der Waals surface area contributed by atoms with Crippen LogP contribution in [0.25, 0.3) is 0 Å². The molecule has 0 fully saturated rings. The highest BCUT2D eigenvalue weighted by molar-refractivity contribution is 5.92. The molecular weight excluding hydrogens is 274 g/mol. The second-order valence-electron chi connectivity index (χ2n) is 5.40. The first kappa shape index (κ1) is 16.2. The van der Waals surface area contributed by atoms with Gasteiger partial charge in [-0.25, -0.2) is 0 Å². The van der Waals surface area contributed by atoms with Crippen LogP contribution < -0.4 is 11.1 Å². The summed E-state index contributed by atoms with van der Waals surface area (Å²) in [6, 6.07) is 17.9. The van der Waals surface area contributed by atoms with Crippen molar-refractivity contribution >= 4 is 11.6 Å². The lowest BCUT2D eigenvalue weighted by Crippen LogP contribution is -2.36. The second kappa shape index (κ2) is 8.32. The predicted molar refractivity (Wildman–Crippen MR) is 90.6 cm³/mol. The van der Waals surface area contributed by atoms with Crippen LogP contribution in [0.2, 0.25) is 0 Å². The van der Waals surface area contributed by atoms with Crippen LogP contribution in [0.4, 0.5) is 5.69 Å². The number of benzene rings is 2. The third-order valence-corrected chi connectivity index (χ3v) is 3.40. The molecule has 0 aliphatic heterocycles. The Hall–Kier alpha value is -2.17. The van der Waals surface area contributed by atoms with E-state index in [1.54, 1.807) is 0 Å². The van der Waals surface area contributed by atoms with Crippen molar-refractivity contribution in [3.8, 4) is 0 Å². The molecule has 4 nitrogen and oxygen atoms in total. The maximum atomic E-state index is 12.2. The average Bonchev–Trinajstić information content (AvgIpc) is 2.51. The first-order valence-corrected chi connectivity index (χ1v) is 7.50. The Morgan fingerprint density at radius 2 is 1.77 bits per heavy atom. The zero-order valence-corrected chi connectivity index (χ0v) is 13.0. The van der Waals surface area contributed by atoms with Crippen molar-refractivity contribution in [1.82, 2.24) is 4.90 Å². The Bertz CT molecular complexity index is 581. The monoisotopic (exact) mass is 297 g/mol. The Kier molecular flexibility index (Phi) is 6.13. The van der Waals surface area contributed by atoms with Crippen molar-refractivity contribution in [2.75, 3.05) is 25.0 Å². The highest BCUT2D eigenvalue weighted by Crippen LogP contribution is 2.09. The van der Waals surface area contributed by atoms with Crippen LogP contribution in [0.3, 0.4) is 0 Å². The summed E-state index contributed by atoms with van der Waals surface area (Å²) < 4.78 is 0. The smallest absolute Gasteiger partial charge is 0.238 e. The number of carbonyl (C=O) groups excluding carboxylic acids is 1. The fourth-order valence-corrected chi connectivity index (χ4v) is 2.28. The third-order valence-electron chi connectivity index (χ3n) is 3.40. The fraction of sp³-hybridized carbons (Fsp3) is 0.278. The van der Waals surface area contributed by atoms with Gasteiger partial charge in [-0.1, -0.05) is 48.0 Å². The first-order chi connectivity index (χ1) is 10.7. The summed E-state index contributed by atoms with van der Waals surface area (Å²) in [6.45, 7) is 4.30. The van der Waals surface area contributed by atoms with Crippen molar-refractivity contribution in [1.29, 1.82) is 0 Å². The van der Waals surface area contributed by atoms with Crippen LogP contribution in [0.1, 0.15) is 11.1 Å². The van der Waals surface area contributed by atoms with E-state index in [-0.39, 0.29) is 5.91 Å². The summed E-state index contributed by atoms with van der Waals surface area (Å²) in [6.07, 6.45) is 0. The Balaban J connectivity index is 1.92. The first-order valence-electron chi connectivity index (χ1n) is 7.50. The molecule has 116 valence electrons. The third kappa shape index (κ3) is 5.31. The van der Waals surface area contributed by atoms with Crippen molar-refractivity contribution in [3.05, 3.63) is 65.7 Å². The van der Waals surface area contributed by atoms with Crippen LogP contribution in [0.15, 0.2) is 54.6 Å². The molecule has 0 bridgehead atoms. The molecule has 0 radical (unpaired) electrons. The zero-order chi connectivity index (χ0) is 15.8. The molecule has 1 amide bonds. The molecule has 2 aromatic rings. The van der Waals surface area contributed by atoms with Crippen LogP contribution >= 0.6 is 0 Å². The van der Waals surface area contributed by atoms with E-state index in [4.69, 9.17) is 5.73 Å². The Morgan fingerprint density at radius 3 is 2.41 bits per heavy atom. The minimum atomic E-state index is -0.0202. The van der Waals surface area contributed by atoms with Gasteiger partial charge in [0.25, 0.3) is 0 Å². The number of hydrogen-bond acceptors (Lipinski definition) is 3. The molecule has 0 heterocycles. The van der Waals surface area contributed by atoms with E-state index >= 15 is 0 Å². The van der Waals surface area contributed by atoms with Crippen LogP contribution in [-0.2, 0) is 11.3 Å². The molecule has 0 aliphatic rings. The van der Waals surface area contributed by atoms with Gasteiger partial charge >= 0.3 is 0 Å². The number of hydrogen-bond donors (Lipinski definition) is 2. The van der Waals surface area contributed by atoms with Gasteiger partial charge in [0, 0.05) is 25.3 Å². The number of aryl methyl sites for hydroxylation is 1. The molecule has 0 aromatic heterocycles. The minimum absolute atomic E-state index is 0.0202. The summed E-state index contributed by atoms with van der Waals surface area (Å²) in [5, 5.41) is 2.92. The molecular formula is C18H23N3O. The highest BCUT2D eigenvalue weighted by Gasteiger charge is 2.11. The van der Waals surface area contributed by atoms with Gasteiger partial charge in [0.1, 0.15) is 0 Å². The SMILES string of the molecule is Cc1ccc(NC(=O)CN(CCN)Cc2ccccc2)cc1. The van der Waals surface area contributed by atoms with Crippen LogP contribution in [0.5, 0.6) is 0 Å². The average molecular weight is 297 g/mol. The second-order valence-corrected chi connectivity index (χ2v) is 5.40. The van der Waals surface area contributed by atoms with Crippen molar-refractivity contribution in [2.45, 2.75) is 13.5 Å². The Labute approximate surface area is 131 Å². The molecule has 0 saturated carbocycles. The van der Waals surface area contributed by atoms with Gasteiger partial charge in [-0.15, -0.1) is 0 Å². The minimum Gasteiger partial charge on any atom is -0.329 e. The molecule has 2 aromatic carbocycles. The zero-order valence-electron chi connectivity index (χ0n) is 13.0. The maximum Gasteiger partial charge on any atom is 0.238 e. The summed E-state index contributed by atoms with van der Waals surface area (Å²) in [4.78, 5) is 14.2. The van der Waals surface area contributed by atoms with E-state index in [0.717, 1.165) is 12.2 Å². The maximum absolute atomic E-state index is 12.2. The number of amides is 1. The van der Waals surface area contributed by atoms with Crippen LogP contribution in [-0.4, -0.2) is 30.4 Å². The van der Waals surface area contributed by atoms with E-state index in [2.05, 4.69) is 22.3 Å². The largest absolute Gasteiger partial charge is 0.329 e. The molecule has 3 N–H and O–H groups in total. The lowest BCUT2D eigenvalue weighted by molar-refractivity contribution is -0.117. The Morgan fingerprint density at radius 1 is 1.09 bits per heavy atom. The topological polar surface area (TPSA) is 58.4 Å². The van der Waals surface area contributed by atoms with Gasteiger partial charge in [-0.2, -0.15) is 0 Å². The standard InChI is InChI=1S/C18H23N3O/c1-15-7-9-17(10-8-15)20-18(22)14-21(12-11-19)13-16-5-3-2-4-6-16/h2-10H,11-14,19H2,1H3,(H,20,22). The molecule has 2 rings (SSSR count). The summed E-state index contributed by atoms with van der Waals surface area (Å²) in [7, 11) is 0. The number of nitrogens with two attached hydrogens (primary N) is 1. The molecule has 0 spiro atoms. The van der Waals surface area contributed by atoms with Gasteiger partial charge in [0.15, 0.2) is 0 Å². The molecule has 0 atom stereocenters. The quantitative estimate of drug-likeness (QED) is 0.825. The van der Waals surface area contributed by atoms with Gasteiger partial charge in [-0.3, -0.25) is 9.69 Å². The van der Waals surface area contributed by atoms with Crippen molar-refractivity contribution in [3.63, 3.8) is 0 Å². The van der Waals surface area contributed by atoms with E-state index < -0.39 is 0 Å². The van der Waals surface area contributed by atoms with Crippen LogP contribution in [0, 0.1) is 6.92 Å². The van der Waals surface area contributed by atoms with Crippen molar-refractivity contribution < 1.29 is 4.79 Å². The molecule has 0 aliphatic carbocycles. The number of rotatable bonds is 7. The van der Waals surface area contributed by atoms with E-state index in [1.165, 1.54) is 11.1 Å². The molecule has 22 heavy (non-hydrogen) atoms. The number of nitrogens with one attached hydrogen (secondary N) is 1. The summed E-state index contributed by atoms with van der Waals surface area (Å²) in [5.74, 6) is -0.0202. The molecule has 4 heteroatoms. The molecule has 0 unspecified atom stereocenters. The van der Waals surface area contributed by atoms with E-state index in [1.807, 2.05) is 49.4 Å². The van der Waals surface area contributed by atoms with Gasteiger partial charge in [0.05, 0.1) is 6.54 Å². The van der Waals surface area contributed by atoms with Gasteiger partial charge in [-0.05, 0) is 24.6 Å². The summed E-state index contributed by atoms with van der Waals surface area (Å²) in [5.41, 5.74) is 8.83. The fourth-order valence-electron chi connectivity index (χ4n) is 2.28. The van der Waals surface area contributed by atoms with E-state index in [0.29, 0.717) is 19.6 Å². The van der Waals surface area contributed by atoms with Gasteiger partial charge in [0.2, 0.25) is 5.91 Å². The lowest BCUT2D eigenvalue weighted by Gasteiger charge is -2.21. The predicted octanol–water partition coefficient (Wildman–Crippen LogP) is 2.39.